The largest absolute Gasteiger partial charge is 0.299 e. The summed E-state index contributed by atoms with van der Waals surface area (Å²) >= 11 is 0. The number of rotatable bonds is 3. The second kappa shape index (κ2) is 4.71. The molecule has 1 saturated heterocycles. The summed E-state index contributed by atoms with van der Waals surface area (Å²) in [5.74, 6) is 0.407. The van der Waals surface area contributed by atoms with E-state index >= 15 is 0 Å². The molecular formula is C11H19NO2. The number of ketones is 1. The molecule has 1 aliphatic heterocycles. The summed E-state index contributed by atoms with van der Waals surface area (Å²) < 4.78 is 0. The summed E-state index contributed by atoms with van der Waals surface area (Å²) in [7, 11) is 0. The van der Waals surface area contributed by atoms with Crippen molar-refractivity contribution in [2.24, 2.45) is 5.92 Å². The Morgan fingerprint density at radius 2 is 2.29 bits per heavy atom. The smallest absolute Gasteiger partial charge is 0.138 e. The lowest BCUT2D eigenvalue weighted by atomic mass is 9.92. The van der Waals surface area contributed by atoms with Crippen molar-refractivity contribution in [2.45, 2.75) is 39.3 Å². The number of hydrogen-bond acceptors (Lipinski definition) is 3. The van der Waals surface area contributed by atoms with E-state index in [1.807, 2.05) is 25.8 Å². The molecule has 3 nitrogen and oxygen atoms in total. The summed E-state index contributed by atoms with van der Waals surface area (Å²) in [4.78, 5) is 17.0. The third kappa shape index (κ3) is 2.42. The molecule has 0 radical (unpaired) electrons. The zero-order valence-corrected chi connectivity index (χ0v) is 9.19. The van der Waals surface area contributed by atoms with Gasteiger partial charge in [-0.1, -0.05) is 13.0 Å². The van der Waals surface area contributed by atoms with Gasteiger partial charge in [0.25, 0.3) is 0 Å². The Balaban J connectivity index is 2.54. The van der Waals surface area contributed by atoms with E-state index < -0.39 is 0 Å². The van der Waals surface area contributed by atoms with Crippen molar-refractivity contribution < 1.29 is 9.63 Å². The van der Waals surface area contributed by atoms with Crippen LogP contribution >= 0.6 is 0 Å². The number of Topliss-reactive ketones (excluding diaryl/α,β-unsaturated/α-hetero) is 1. The van der Waals surface area contributed by atoms with Crippen molar-refractivity contribution in [3.63, 3.8) is 0 Å². The molecule has 14 heavy (non-hydrogen) atoms. The molecule has 0 saturated carbocycles. The maximum Gasteiger partial charge on any atom is 0.138 e. The first-order valence-corrected chi connectivity index (χ1v) is 5.15. The van der Waals surface area contributed by atoms with E-state index in [0.717, 1.165) is 0 Å². The first-order chi connectivity index (χ1) is 6.56. The minimum Gasteiger partial charge on any atom is -0.299 e. The van der Waals surface area contributed by atoms with Crippen LogP contribution in [0.3, 0.4) is 0 Å². The van der Waals surface area contributed by atoms with Gasteiger partial charge in [-0.05, 0) is 13.8 Å². The van der Waals surface area contributed by atoms with Crippen LogP contribution in [0, 0.1) is 5.92 Å². The molecule has 0 spiro atoms. The Morgan fingerprint density at radius 3 is 2.86 bits per heavy atom. The Bertz CT molecular complexity index is 227. The quantitative estimate of drug-likeness (QED) is 0.646. The summed E-state index contributed by atoms with van der Waals surface area (Å²) in [6, 6.07) is 0.165. The SMILES string of the molecule is C=CC(C)ON1CCC(=O)C(C)C1C. The van der Waals surface area contributed by atoms with Gasteiger partial charge in [0.2, 0.25) is 0 Å². The lowest BCUT2D eigenvalue weighted by molar-refractivity contribution is -0.218. The lowest BCUT2D eigenvalue weighted by Gasteiger charge is -2.36. The maximum absolute atomic E-state index is 11.4. The van der Waals surface area contributed by atoms with Crippen LogP contribution in [0.2, 0.25) is 0 Å². The Labute approximate surface area is 85.7 Å². The lowest BCUT2D eigenvalue weighted by Crippen LogP contribution is -2.47. The number of hydrogen-bond donors (Lipinski definition) is 0. The number of nitrogens with zero attached hydrogens (tertiary/aromatic N) is 1. The fourth-order valence-electron chi connectivity index (χ4n) is 1.58. The molecule has 3 atom stereocenters. The van der Waals surface area contributed by atoms with Crippen LogP contribution in [0.5, 0.6) is 0 Å². The Hall–Kier alpha value is -0.670. The molecule has 0 N–H and O–H groups in total. The van der Waals surface area contributed by atoms with Gasteiger partial charge in [0.05, 0.1) is 6.10 Å². The van der Waals surface area contributed by atoms with E-state index in [0.29, 0.717) is 18.7 Å². The number of carbonyl (C=O) groups excluding carboxylic acids is 1. The predicted molar refractivity (Wildman–Crippen MR) is 55.7 cm³/mol. The van der Waals surface area contributed by atoms with Crippen molar-refractivity contribution in [3.05, 3.63) is 12.7 Å². The topological polar surface area (TPSA) is 29.5 Å². The van der Waals surface area contributed by atoms with Gasteiger partial charge in [-0.2, -0.15) is 5.06 Å². The first-order valence-electron chi connectivity index (χ1n) is 5.15. The normalized spacial score (nSPS) is 31.5. The average Bonchev–Trinajstić information content (AvgIpc) is 2.19. The van der Waals surface area contributed by atoms with Crippen LogP contribution in [0.4, 0.5) is 0 Å². The highest BCUT2D eigenvalue weighted by atomic mass is 16.7. The molecule has 0 aromatic rings. The second-order valence-electron chi connectivity index (χ2n) is 3.93. The monoisotopic (exact) mass is 197 g/mol. The maximum atomic E-state index is 11.4. The van der Waals surface area contributed by atoms with Gasteiger partial charge in [-0.25, -0.2) is 0 Å². The molecule has 1 heterocycles. The molecule has 0 aromatic heterocycles. The van der Waals surface area contributed by atoms with Crippen molar-refractivity contribution in [1.29, 1.82) is 0 Å². The van der Waals surface area contributed by atoms with Gasteiger partial charge in [0, 0.05) is 24.9 Å². The van der Waals surface area contributed by atoms with E-state index in [4.69, 9.17) is 4.84 Å². The predicted octanol–water partition coefficient (Wildman–Crippen LogP) is 1.79. The molecule has 1 aliphatic rings. The molecule has 0 bridgehead atoms. The van der Waals surface area contributed by atoms with Gasteiger partial charge in [-0.15, -0.1) is 6.58 Å². The van der Waals surface area contributed by atoms with Crippen LogP contribution in [0.15, 0.2) is 12.7 Å². The standard InChI is InChI=1S/C11H19NO2/c1-5-8(2)14-12-7-6-11(13)9(3)10(12)4/h5,8-10H,1,6-7H2,2-4H3. The fraction of sp³-hybridized carbons (Fsp3) is 0.727. The van der Waals surface area contributed by atoms with E-state index in [1.165, 1.54) is 0 Å². The first kappa shape index (κ1) is 11.4. The fourth-order valence-corrected chi connectivity index (χ4v) is 1.58. The highest BCUT2D eigenvalue weighted by Crippen LogP contribution is 2.21. The number of piperidine rings is 1. The molecule has 0 aromatic carbocycles. The van der Waals surface area contributed by atoms with E-state index in [2.05, 4.69) is 6.58 Å². The van der Waals surface area contributed by atoms with E-state index in [1.54, 1.807) is 6.08 Å². The van der Waals surface area contributed by atoms with Gasteiger partial charge >= 0.3 is 0 Å². The van der Waals surface area contributed by atoms with Crippen LogP contribution < -0.4 is 0 Å². The van der Waals surface area contributed by atoms with Gasteiger partial charge in [0.1, 0.15) is 5.78 Å². The minimum absolute atomic E-state index is 0.0119. The molecule has 0 aliphatic carbocycles. The van der Waals surface area contributed by atoms with Crippen molar-refractivity contribution >= 4 is 5.78 Å². The van der Waals surface area contributed by atoms with Crippen molar-refractivity contribution in [2.75, 3.05) is 6.54 Å². The second-order valence-corrected chi connectivity index (χ2v) is 3.93. The summed E-state index contributed by atoms with van der Waals surface area (Å²) in [6.07, 6.45) is 2.36. The van der Waals surface area contributed by atoms with E-state index in [9.17, 15) is 4.79 Å². The third-order valence-electron chi connectivity index (χ3n) is 2.90. The summed E-state index contributed by atoms with van der Waals surface area (Å²) in [5, 5.41) is 1.90. The summed E-state index contributed by atoms with van der Waals surface area (Å²) in [6.45, 7) is 10.3. The van der Waals surface area contributed by atoms with Crippen LogP contribution in [0.1, 0.15) is 27.2 Å². The van der Waals surface area contributed by atoms with Crippen molar-refractivity contribution in [3.8, 4) is 0 Å². The molecule has 1 fully saturated rings. The van der Waals surface area contributed by atoms with Crippen molar-refractivity contribution in [1.82, 2.24) is 5.06 Å². The minimum atomic E-state index is 0.0119. The highest BCUT2D eigenvalue weighted by Gasteiger charge is 2.31. The molecule has 3 unspecified atom stereocenters. The van der Waals surface area contributed by atoms with Gasteiger partial charge in [0.15, 0.2) is 0 Å². The zero-order valence-electron chi connectivity index (χ0n) is 9.19. The molecule has 0 amide bonds. The number of carbonyl (C=O) groups is 1. The highest BCUT2D eigenvalue weighted by molar-refractivity contribution is 5.82. The Morgan fingerprint density at radius 1 is 1.64 bits per heavy atom. The van der Waals surface area contributed by atoms with Crippen LogP contribution in [0.25, 0.3) is 0 Å². The molecule has 1 rings (SSSR count). The average molecular weight is 197 g/mol. The zero-order chi connectivity index (χ0) is 10.7. The van der Waals surface area contributed by atoms with Crippen LogP contribution in [-0.4, -0.2) is 29.5 Å². The number of hydroxylamine groups is 2. The van der Waals surface area contributed by atoms with Gasteiger partial charge < -0.3 is 0 Å². The van der Waals surface area contributed by atoms with E-state index in [-0.39, 0.29) is 18.1 Å². The third-order valence-corrected chi connectivity index (χ3v) is 2.90. The molecular weight excluding hydrogens is 178 g/mol. The summed E-state index contributed by atoms with van der Waals surface area (Å²) in [5.41, 5.74) is 0. The Kier molecular flexibility index (Phi) is 3.84. The molecule has 80 valence electrons. The van der Waals surface area contributed by atoms with Gasteiger partial charge in [-0.3, -0.25) is 9.63 Å². The molecule has 3 heteroatoms. The van der Waals surface area contributed by atoms with Crippen LogP contribution in [-0.2, 0) is 9.63 Å².